The highest BCUT2D eigenvalue weighted by Crippen LogP contribution is 2.12. The molecule has 1 atom stereocenters. The molecule has 0 aliphatic carbocycles. The predicted octanol–water partition coefficient (Wildman–Crippen LogP) is 1.04. The lowest BCUT2D eigenvalue weighted by Crippen LogP contribution is -2.51. The van der Waals surface area contributed by atoms with Gasteiger partial charge in [-0.25, -0.2) is 0 Å². The first kappa shape index (κ1) is 13.6. The highest BCUT2D eigenvalue weighted by Gasteiger charge is 2.27. The van der Waals surface area contributed by atoms with Crippen LogP contribution in [0.1, 0.15) is 29.6 Å². The monoisotopic (exact) mass is 262 g/mol. The maximum atomic E-state index is 12.1. The van der Waals surface area contributed by atoms with Crippen molar-refractivity contribution in [1.82, 2.24) is 15.0 Å². The lowest BCUT2D eigenvalue weighted by Gasteiger charge is -2.36. The molecule has 1 amide bonds. The van der Waals surface area contributed by atoms with Crippen molar-refractivity contribution < 1.29 is 9.32 Å². The van der Waals surface area contributed by atoms with E-state index in [2.05, 4.69) is 16.1 Å². The second-order valence-electron chi connectivity index (χ2n) is 4.71. The predicted molar refractivity (Wildman–Crippen MR) is 68.4 cm³/mol. The van der Waals surface area contributed by atoms with Crippen LogP contribution in [0.15, 0.2) is 10.6 Å². The molecule has 2 rings (SSSR count). The van der Waals surface area contributed by atoms with Crippen molar-refractivity contribution in [2.45, 2.75) is 26.3 Å². The van der Waals surface area contributed by atoms with Gasteiger partial charge in [-0.15, -0.1) is 0 Å². The van der Waals surface area contributed by atoms with Crippen LogP contribution < -0.4 is 0 Å². The van der Waals surface area contributed by atoms with Crippen molar-refractivity contribution in [2.75, 3.05) is 26.2 Å². The molecule has 1 fully saturated rings. The Morgan fingerprint density at radius 3 is 2.68 bits per heavy atom. The third kappa shape index (κ3) is 2.93. The summed E-state index contributed by atoms with van der Waals surface area (Å²) in [5, 5.41) is 12.8. The van der Waals surface area contributed by atoms with Crippen LogP contribution in [0.4, 0.5) is 0 Å². The minimum Gasteiger partial charge on any atom is -0.351 e. The Morgan fingerprint density at radius 1 is 1.53 bits per heavy atom. The maximum absolute atomic E-state index is 12.1. The number of aryl methyl sites for hydroxylation is 1. The standard InChI is InChI=1S/C13H18N4O2/c1-3-11(9-14)16-4-6-17(7-5-16)13(18)12-8-10(2)15-19-12/h8,11H,3-7H2,1-2H3. The van der Waals surface area contributed by atoms with E-state index in [1.807, 2.05) is 6.92 Å². The second-order valence-corrected chi connectivity index (χ2v) is 4.71. The quantitative estimate of drug-likeness (QED) is 0.813. The lowest BCUT2D eigenvalue weighted by atomic mass is 10.2. The zero-order valence-electron chi connectivity index (χ0n) is 11.3. The van der Waals surface area contributed by atoms with E-state index in [9.17, 15) is 4.79 Å². The van der Waals surface area contributed by atoms with Gasteiger partial charge in [0.2, 0.25) is 5.76 Å². The van der Waals surface area contributed by atoms with Gasteiger partial charge < -0.3 is 9.42 Å². The molecule has 102 valence electrons. The van der Waals surface area contributed by atoms with Crippen LogP contribution in [-0.4, -0.2) is 53.1 Å². The summed E-state index contributed by atoms with van der Waals surface area (Å²) >= 11 is 0. The average Bonchev–Trinajstić information content (AvgIpc) is 2.87. The molecule has 6 heteroatoms. The summed E-state index contributed by atoms with van der Waals surface area (Å²) in [7, 11) is 0. The van der Waals surface area contributed by atoms with Gasteiger partial charge in [0.15, 0.2) is 0 Å². The molecule has 1 aromatic rings. The third-order valence-electron chi connectivity index (χ3n) is 3.42. The Kier molecular flexibility index (Phi) is 4.17. The minimum absolute atomic E-state index is 0.0511. The van der Waals surface area contributed by atoms with Crippen molar-refractivity contribution >= 4 is 5.91 Å². The van der Waals surface area contributed by atoms with Gasteiger partial charge in [0.05, 0.1) is 17.8 Å². The Labute approximate surface area is 112 Å². The molecule has 1 aromatic heterocycles. The molecule has 1 aliphatic rings. The fourth-order valence-electron chi connectivity index (χ4n) is 2.29. The summed E-state index contributed by atoms with van der Waals surface area (Å²) in [6.07, 6.45) is 0.811. The van der Waals surface area contributed by atoms with Crippen molar-refractivity contribution in [2.24, 2.45) is 0 Å². The SMILES string of the molecule is CCC(C#N)N1CCN(C(=O)c2cc(C)no2)CC1. The number of hydrogen-bond acceptors (Lipinski definition) is 5. The van der Waals surface area contributed by atoms with Crippen LogP contribution >= 0.6 is 0 Å². The van der Waals surface area contributed by atoms with Crippen LogP contribution in [0.3, 0.4) is 0 Å². The minimum atomic E-state index is -0.120. The average molecular weight is 262 g/mol. The molecular weight excluding hydrogens is 244 g/mol. The lowest BCUT2D eigenvalue weighted by molar-refractivity contribution is 0.0566. The summed E-state index contributed by atoms with van der Waals surface area (Å²) < 4.78 is 4.99. The van der Waals surface area contributed by atoms with Gasteiger partial charge in [0.1, 0.15) is 0 Å². The van der Waals surface area contributed by atoms with E-state index < -0.39 is 0 Å². The highest BCUT2D eigenvalue weighted by atomic mass is 16.5. The van der Waals surface area contributed by atoms with Crippen LogP contribution in [0.5, 0.6) is 0 Å². The molecule has 0 bridgehead atoms. The zero-order chi connectivity index (χ0) is 13.8. The van der Waals surface area contributed by atoms with E-state index in [1.54, 1.807) is 17.9 Å². The number of rotatable bonds is 3. The summed E-state index contributed by atoms with van der Waals surface area (Å²) in [5.41, 5.74) is 0.706. The first-order chi connectivity index (χ1) is 9.15. The number of hydrogen-bond donors (Lipinski definition) is 0. The molecule has 6 nitrogen and oxygen atoms in total. The number of carbonyl (C=O) groups excluding carboxylic acids is 1. The third-order valence-corrected chi connectivity index (χ3v) is 3.42. The largest absolute Gasteiger partial charge is 0.351 e. The van der Waals surface area contributed by atoms with Crippen molar-refractivity contribution in [1.29, 1.82) is 5.26 Å². The van der Waals surface area contributed by atoms with Gasteiger partial charge in [-0.05, 0) is 13.3 Å². The van der Waals surface area contributed by atoms with E-state index in [-0.39, 0.29) is 11.9 Å². The molecule has 0 spiro atoms. The summed E-state index contributed by atoms with van der Waals surface area (Å²) in [6.45, 7) is 6.49. The molecule has 19 heavy (non-hydrogen) atoms. The van der Waals surface area contributed by atoms with Gasteiger partial charge >= 0.3 is 0 Å². The number of amides is 1. The van der Waals surface area contributed by atoms with Crippen molar-refractivity contribution in [3.05, 3.63) is 17.5 Å². The summed E-state index contributed by atoms with van der Waals surface area (Å²) in [6, 6.07) is 3.89. The van der Waals surface area contributed by atoms with Gasteiger partial charge in [-0.1, -0.05) is 12.1 Å². The maximum Gasteiger partial charge on any atom is 0.292 e. The van der Waals surface area contributed by atoms with Crippen LogP contribution in [-0.2, 0) is 0 Å². The van der Waals surface area contributed by atoms with E-state index in [0.717, 1.165) is 19.5 Å². The zero-order valence-corrected chi connectivity index (χ0v) is 11.3. The molecule has 0 aromatic carbocycles. The van der Waals surface area contributed by atoms with Gasteiger partial charge in [0.25, 0.3) is 5.91 Å². The molecule has 1 unspecified atom stereocenters. The van der Waals surface area contributed by atoms with Crippen molar-refractivity contribution in [3.63, 3.8) is 0 Å². The topological polar surface area (TPSA) is 73.4 Å². The molecule has 2 heterocycles. The molecule has 0 saturated carbocycles. The van der Waals surface area contributed by atoms with Gasteiger partial charge in [0, 0.05) is 32.2 Å². The Bertz CT molecular complexity index is 483. The van der Waals surface area contributed by atoms with E-state index in [1.165, 1.54) is 0 Å². The fraction of sp³-hybridized carbons (Fsp3) is 0.615. The van der Waals surface area contributed by atoms with Crippen LogP contribution in [0.2, 0.25) is 0 Å². The molecule has 0 radical (unpaired) electrons. The number of nitrogens with zero attached hydrogens (tertiary/aromatic N) is 4. The number of aromatic nitrogens is 1. The highest BCUT2D eigenvalue weighted by molar-refractivity contribution is 5.91. The van der Waals surface area contributed by atoms with Crippen LogP contribution in [0, 0.1) is 18.3 Å². The number of carbonyl (C=O) groups is 1. The van der Waals surface area contributed by atoms with Gasteiger partial charge in [-0.3, -0.25) is 9.69 Å². The molecular formula is C13H18N4O2. The molecule has 1 aliphatic heterocycles. The van der Waals surface area contributed by atoms with Gasteiger partial charge in [-0.2, -0.15) is 5.26 Å². The summed E-state index contributed by atoms with van der Waals surface area (Å²) in [4.78, 5) is 16.0. The Balaban J connectivity index is 1.93. The second kappa shape index (κ2) is 5.85. The Hall–Kier alpha value is -1.87. The van der Waals surface area contributed by atoms with E-state index in [4.69, 9.17) is 9.78 Å². The van der Waals surface area contributed by atoms with Crippen molar-refractivity contribution in [3.8, 4) is 6.07 Å². The number of piperazine rings is 1. The fourth-order valence-corrected chi connectivity index (χ4v) is 2.29. The number of nitriles is 1. The molecule has 1 saturated heterocycles. The molecule has 0 N–H and O–H groups in total. The first-order valence-corrected chi connectivity index (χ1v) is 6.52. The van der Waals surface area contributed by atoms with E-state index >= 15 is 0 Å². The normalized spacial score (nSPS) is 18.1. The first-order valence-electron chi connectivity index (χ1n) is 6.52. The summed E-state index contributed by atoms with van der Waals surface area (Å²) in [5.74, 6) is 0.170. The van der Waals surface area contributed by atoms with Crippen LogP contribution in [0.25, 0.3) is 0 Å². The van der Waals surface area contributed by atoms with E-state index in [0.29, 0.717) is 24.5 Å². The smallest absolute Gasteiger partial charge is 0.292 e. The Morgan fingerprint density at radius 2 is 2.21 bits per heavy atom.